The molecule has 2 nitrogen and oxygen atoms in total. The first kappa shape index (κ1) is 11.9. The normalized spacial score (nSPS) is 13.2. The molecule has 78 valence electrons. The van der Waals surface area contributed by atoms with Crippen LogP contribution >= 0.6 is 22.6 Å². The molecular formula is C11H16INO. The predicted octanol–water partition coefficient (Wildman–Crippen LogP) is 2.32. The summed E-state index contributed by atoms with van der Waals surface area (Å²) < 4.78 is 1.16. The lowest BCUT2D eigenvalue weighted by atomic mass is 10.1. The van der Waals surface area contributed by atoms with E-state index in [1.54, 1.807) is 0 Å². The molecule has 2 N–H and O–H groups in total. The van der Waals surface area contributed by atoms with E-state index in [9.17, 15) is 5.11 Å². The first-order chi connectivity index (χ1) is 6.59. The Balaban J connectivity index is 2.56. The molecule has 0 amide bonds. The zero-order valence-corrected chi connectivity index (χ0v) is 10.7. The molecule has 0 aliphatic heterocycles. The first-order valence-electron chi connectivity index (χ1n) is 4.76. The Labute approximate surface area is 98.9 Å². The van der Waals surface area contributed by atoms with Crippen LogP contribution < -0.4 is 5.32 Å². The van der Waals surface area contributed by atoms with Crippen LogP contribution in [0.2, 0.25) is 0 Å². The van der Waals surface area contributed by atoms with Crippen molar-refractivity contribution < 1.29 is 5.11 Å². The largest absolute Gasteiger partial charge is 0.387 e. The van der Waals surface area contributed by atoms with Gasteiger partial charge in [0.15, 0.2) is 0 Å². The van der Waals surface area contributed by atoms with Gasteiger partial charge < -0.3 is 10.4 Å². The molecule has 1 aromatic carbocycles. The lowest BCUT2D eigenvalue weighted by Gasteiger charge is -2.14. The van der Waals surface area contributed by atoms with Crippen LogP contribution in [-0.4, -0.2) is 17.7 Å². The standard InChI is InChI=1S/C11H16INO/c1-8(2)13-7-11(14)9-4-3-5-10(12)6-9/h3-6,8,11,13-14H,7H2,1-2H3. The monoisotopic (exact) mass is 305 g/mol. The third kappa shape index (κ3) is 3.94. The lowest BCUT2D eigenvalue weighted by Crippen LogP contribution is -2.27. The number of rotatable bonds is 4. The minimum absolute atomic E-state index is 0.410. The van der Waals surface area contributed by atoms with Gasteiger partial charge in [-0.1, -0.05) is 26.0 Å². The van der Waals surface area contributed by atoms with Crippen molar-refractivity contribution >= 4 is 22.6 Å². The summed E-state index contributed by atoms with van der Waals surface area (Å²) in [6.07, 6.45) is -0.410. The number of benzene rings is 1. The van der Waals surface area contributed by atoms with E-state index in [0.29, 0.717) is 12.6 Å². The van der Waals surface area contributed by atoms with Gasteiger partial charge >= 0.3 is 0 Å². The Morgan fingerprint density at radius 2 is 2.14 bits per heavy atom. The summed E-state index contributed by atoms with van der Waals surface area (Å²) in [7, 11) is 0. The van der Waals surface area contributed by atoms with Gasteiger partial charge in [0.2, 0.25) is 0 Å². The Bertz CT molecular complexity index is 288. The van der Waals surface area contributed by atoms with Crippen LogP contribution in [0.25, 0.3) is 0 Å². The molecule has 0 heterocycles. The second-order valence-electron chi connectivity index (χ2n) is 3.63. The summed E-state index contributed by atoms with van der Waals surface area (Å²) in [5, 5.41) is 13.0. The van der Waals surface area contributed by atoms with Crippen LogP contribution in [0.1, 0.15) is 25.5 Å². The smallest absolute Gasteiger partial charge is 0.0914 e. The van der Waals surface area contributed by atoms with E-state index in [1.165, 1.54) is 0 Å². The van der Waals surface area contributed by atoms with E-state index in [-0.39, 0.29) is 0 Å². The molecule has 0 saturated carbocycles. The minimum Gasteiger partial charge on any atom is -0.387 e. The average molecular weight is 305 g/mol. The Hall–Kier alpha value is -0.130. The highest BCUT2D eigenvalue weighted by Gasteiger charge is 2.07. The van der Waals surface area contributed by atoms with Crippen molar-refractivity contribution in [1.82, 2.24) is 5.32 Å². The Morgan fingerprint density at radius 1 is 1.43 bits per heavy atom. The second kappa shape index (κ2) is 5.68. The molecule has 3 heteroatoms. The van der Waals surface area contributed by atoms with Gasteiger partial charge in [-0.25, -0.2) is 0 Å². The van der Waals surface area contributed by atoms with E-state index < -0.39 is 6.10 Å². The number of aliphatic hydroxyl groups is 1. The SMILES string of the molecule is CC(C)NCC(O)c1cccc(I)c1. The summed E-state index contributed by atoms with van der Waals surface area (Å²) in [6.45, 7) is 4.75. The van der Waals surface area contributed by atoms with Gasteiger partial charge in [0.25, 0.3) is 0 Å². The van der Waals surface area contributed by atoms with E-state index in [4.69, 9.17) is 0 Å². The fraction of sp³-hybridized carbons (Fsp3) is 0.455. The van der Waals surface area contributed by atoms with Gasteiger partial charge in [-0.05, 0) is 40.3 Å². The quantitative estimate of drug-likeness (QED) is 0.837. The zero-order chi connectivity index (χ0) is 10.6. The second-order valence-corrected chi connectivity index (χ2v) is 4.88. The van der Waals surface area contributed by atoms with Crippen LogP contribution in [0.3, 0.4) is 0 Å². The summed E-state index contributed by atoms with van der Waals surface area (Å²) in [5.41, 5.74) is 0.977. The summed E-state index contributed by atoms with van der Waals surface area (Å²) in [4.78, 5) is 0. The fourth-order valence-electron chi connectivity index (χ4n) is 1.18. The van der Waals surface area contributed by atoms with Crippen LogP contribution in [0.5, 0.6) is 0 Å². The van der Waals surface area contributed by atoms with E-state index in [1.807, 2.05) is 24.3 Å². The van der Waals surface area contributed by atoms with Gasteiger partial charge in [-0.3, -0.25) is 0 Å². The van der Waals surface area contributed by atoms with Gasteiger partial charge in [0.1, 0.15) is 0 Å². The number of hydrogen-bond acceptors (Lipinski definition) is 2. The zero-order valence-electron chi connectivity index (χ0n) is 8.50. The molecule has 0 fully saturated rings. The molecule has 1 rings (SSSR count). The van der Waals surface area contributed by atoms with Crippen molar-refractivity contribution in [3.8, 4) is 0 Å². The predicted molar refractivity (Wildman–Crippen MR) is 67.3 cm³/mol. The molecule has 1 atom stereocenters. The fourth-order valence-corrected chi connectivity index (χ4v) is 1.75. The molecule has 0 radical (unpaired) electrons. The van der Waals surface area contributed by atoms with Crippen molar-refractivity contribution in [2.24, 2.45) is 0 Å². The van der Waals surface area contributed by atoms with Gasteiger partial charge in [0.05, 0.1) is 6.10 Å². The van der Waals surface area contributed by atoms with Crippen molar-refractivity contribution in [3.05, 3.63) is 33.4 Å². The van der Waals surface area contributed by atoms with Crippen LogP contribution in [0, 0.1) is 3.57 Å². The van der Waals surface area contributed by atoms with Crippen molar-refractivity contribution in [3.63, 3.8) is 0 Å². The van der Waals surface area contributed by atoms with Crippen molar-refractivity contribution in [2.75, 3.05) is 6.54 Å². The maximum absolute atomic E-state index is 9.83. The number of nitrogens with one attached hydrogen (secondary N) is 1. The molecule has 0 spiro atoms. The summed E-state index contributed by atoms with van der Waals surface area (Å²) in [5.74, 6) is 0. The molecule has 1 aromatic rings. The molecule has 0 bridgehead atoms. The molecule has 14 heavy (non-hydrogen) atoms. The first-order valence-corrected chi connectivity index (χ1v) is 5.84. The highest BCUT2D eigenvalue weighted by atomic mass is 127. The lowest BCUT2D eigenvalue weighted by molar-refractivity contribution is 0.171. The Morgan fingerprint density at radius 3 is 2.71 bits per heavy atom. The third-order valence-electron chi connectivity index (χ3n) is 1.95. The number of halogens is 1. The molecule has 1 unspecified atom stereocenters. The third-order valence-corrected chi connectivity index (χ3v) is 2.62. The van der Waals surface area contributed by atoms with Crippen LogP contribution in [-0.2, 0) is 0 Å². The minimum atomic E-state index is -0.410. The molecule has 0 aromatic heterocycles. The van der Waals surface area contributed by atoms with E-state index in [2.05, 4.69) is 41.8 Å². The number of aliphatic hydroxyl groups excluding tert-OH is 1. The maximum atomic E-state index is 9.83. The van der Waals surface area contributed by atoms with Crippen LogP contribution in [0.4, 0.5) is 0 Å². The van der Waals surface area contributed by atoms with Crippen molar-refractivity contribution in [1.29, 1.82) is 0 Å². The highest BCUT2D eigenvalue weighted by molar-refractivity contribution is 14.1. The molecule has 0 aliphatic rings. The highest BCUT2D eigenvalue weighted by Crippen LogP contribution is 2.15. The van der Waals surface area contributed by atoms with E-state index >= 15 is 0 Å². The molecule has 0 aliphatic carbocycles. The maximum Gasteiger partial charge on any atom is 0.0914 e. The topological polar surface area (TPSA) is 32.3 Å². The van der Waals surface area contributed by atoms with Gasteiger partial charge in [-0.2, -0.15) is 0 Å². The van der Waals surface area contributed by atoms with Crippen molar-refractivity contribution in [2.45, 2.75) is 26.0 Å². The number of hydrogen-bond donors (Lipinski definition) is 2. The van der Waals surface area contributed by atoms with Crippen LogP contribution in [0.15, 0.2) is 24.3 Å². The molecular weight excluding hydrogens is 289 g/mol. The average Bonchev–Trinajstić information content (AvgIpc) is 2.14. The van der Waals surface area contributed by atoms with E-state index in [0.717, 1.165) is 9.13 Å². The summed E-state index contributed by atoms with van der Waals surface area (Å²) in [6, 6.07) is 8.36. The summed E-state index contributed by atoms with van der Waals surface area (Å²) >= 11 is 2.25. The van der Waals surface area contributed by atoms with Gasteiger partial charge in [0, 0.05) is 16.2 Å². The Kier molecular flexibility index (Phi) is 4.84. The molecule has 0 saturated heterocycles. The van der Waals surface area contributed by atoms with Gasteiger partial charge in [-0.15, -0.1) is 0 Å².